The van der Waals surface area contributed by atoms with E-state index in [9.17, 15) is 4.79 Å². The number of rotatable bonds is 8. The van der Waals surface area contributed by atoms with Crippen LogP contribution < -0.4 is 10.1 Å². The van der Waals surface area contributed by atoms with E-state index >= 15 is 0 Å². The molecule has 0 heterocycles. The first kappa shape index (κ1) is 21.3. The van der Waals surface area contributed by atoms with Gasteiger partial charge in [-0.1, -0.05) is 6.07 Å². The summed E-state index contributed by atoms with van der Waals surface area (Å²) in [7, 11) is 3.52. The van der Waals surface area contributed by atoms with Gasteiger partial charge in [0.25, 0.3) is 0 Å². The van der Waals surface area contributed by atoms with Crippen molar-refractivity contribution >= 4 is 27.8 Å². The van der Waals surface area contributed by atoms with Gasteiger partial charge in [0.15, 0.2) is 5.96 Å². The van der Waals surface area contributed by atoms with Crippen molar-refractivity contribution in [2.75, 3.05) is 40.3 Å². The molecule has 0 spiro atoms. The first-order chi connectivity index (χ1) is 12.0. The Kier molecular flexibility index (Phi) is 9.34. The van der Waals surface area contributed by atoms with E-state index in [2.05, 4.69) is 26.2 Å². The van der Waals surface area contributed by atoms with E-state index in [1.165, 1.54) is 0 Å². The third-order valence-electron chi connectivity index (χ3n) is 3.81. The number of hydrogen-bond acceptors (Lipinski definition) is 3. The van der Waals surface area contributed by atoms with Crippen LogP contribution >= 0.6 is 15.9 Å². The van der Waals surface area contributed by atoms with E-state index in [0.29, 0.717) is 13.1 Å². The number of likely N-dealkylation sites (N-methyl/N-ethyl adjacent to an activating group) is 2. The second-order valence-corrected chi connectivity index (χ2v) is 6.42. The SMILES string of the molecule is CCNC(=NCc1ccc(OC)c(Br)c1)N(C)CC(=O)N(CC)CC. The molecule has 0 aromatic heterocycles. The van der Waals surface area contributed by atoms with Gasteiger partial charge in [-0.15, -0.1) is 0 Å². The van der Waals surface area contributed by atoms with Gasteiger partial charge in [0, 0.05) is 26.7 Å². The van der Waals surface area contributed by atoms with Crippen molar-refractivity contribution in [2.45, 2.75) is 27.3 Å². The van der Waals surface area contributed by atoms with Crippen molar-refractivity contribution < 1.29 is 9.53 Å². The molecule has 1 N–H and O–H groups in total. The van der Waals surface area contributed by atoms with Crippen molar-refractivity contribution in [3.05, 3.63) is 28.2 Å². The fraction of sp³-hybridized carbons (Fsp3) is 0.556. The van der Waals surface area contributed by atoms with Crippen LogP contribution in [-0.4, -0.2) is 62.0 Å². The number of benzene rings is 1. The summed E-state index contributed by atoms with van der Waals surface area (Å²) in [5.74, 6) is 1.61. The summed E-state index contributed by atoms with van der Waals surface area (Å²) in [6, 6.07) is 5.89. The Balaban J connectivity index is 2.82. The van der Waals surface area contributed by atoms with Crippen molar-refractivity contribution in [1.82, 2.24) is 15.1 Å². The maximum Gasteiger partial charge on any atom is 0.242 e. The minimum absolute atomic E-state index is 0.102. The molecular weight excluding hydrogens is 384 g/mol. The predicted octanol–water partition coefficient (Wildman–Crippen LogP) is 2.72. The zero-order valence-electron chi connectivity index (χ0n) is 15.8. The van der Waals surface area contributed by atoms with Crippen molar-refractivity contribution in [3.8, 4) is 5.75 Å². The number of nitrogens with one attached hydrogen (secondary N) is 1. The average Bonchev–Trinajstić information content (AvgIpc) is 2.59. The number of ether oxygens (including phenoxy) is 1. The van der Waals surface area contributed by atoms with E-state index < -0.39 is 0 Å². The average molecular weight is 413 g/mol. The van der Waals surface area contributed by atoms with Gasteiger partial charge in [0.1, 0.15) is 5.75 Å². The third kappa shape index (κ3) is 6.57. The van der Waals surface area contributed by atoms with Gasteiger partial charge in [-0.2, -0.15) is 0 Å². The van der Waals surface area contributed by atoms with Gasteiger partial charge in [-0.05, 0) is 54.4 Å². The monoisotopic (exact) mass is 412 g/mol. The second kappa shape index (κ2) is 11.0. The smallest absolute Gasteiger partial charge is 0.242 e. The van der Waals surface area contributed by atoms with E-state index in [1.54, 1.807) is 7.11 Å². The largest absolute Gasteiger partial charge is 0.496 e. The number of amides is 1. The minimum Gasteiger partial charge on any atom is -0.496 e. The number of carbonyl (C=O) groups is 1. The topological polar surface area (TPSA) is 57.2 Å². The second-order valence-electron chi connectivity index (χ2n) is 5.56. The van der Waals surface area contributed by atoms with Gasteiger partial charge >= 0.3 is 0 Å². The molecule has 1 amide bonds. The zero-order valence-corrected chi connectivity index (χ0v) is 17.4. The molecule has 0 saturated heterocycles. The maximum absolute atomic E-state index is 12.3. The summed E-state index contributed by atoms with van der Waals surface area (Å²) in [6.45, 7) is 9.00. The van der Waals surface area contributed by atoms with Crippen LogP contribution in [0.2, 0.25) is 0 Å². The predicted molar refractivity (Wildman–Crippen MR) is 106 cm³/mol. The quantitative estimate of drug-likeness (QED) is 0.526. The van der Waals surface area contributed by atoms with Crippen LogP contribution in [0.15, 0.2) is 27.7 Å². The summed E-state index contributed by atoms with van der Waals surface area (Å²) in [4.78, 5) is 20.6. The number of hydrogen-bond donors (Lipinski definition) is 1. The molecule has 7 heteroatoms. The molecule has 0 unspecified atom stereocenters. The Morgan fingerprint density at radius 3 is 2.48 bits per heavy atom. The van der Waals surface area contributed by atoms with E-state index in [4.69, 9.17) is 4.74 Å². The van der Waals surface area contributed by atoms with Crippen LogP contribution in [0.4, 0.5) is 0 Å². The van der Waals surface area contributed by atoms with Gasteiger partial charge in [-0.3, -0.25) is 4.79 Å². The van der Waals surface area contributed by atoms with Crippen molar-refractivity contribution in [2.24, 2.45) is 4.99 Å². The molecule has 1 aromatic carbocycles. The summed E-state index contributed by atoms with van der Waals surface area (Å²) < 4.78 is 6.15. The number of halogens is 1. The van der Waals surface area contributed by atoms with Crippen LogP contribution in [0.5, 0.6) is 5.75 Å². The van der Waals surface area contributed by atoms with Crippen molar-refractivity contribution in [3.63, 3.8) is 0 Å². The Morgan fingerprint density at radius 1 is 1.28 bits per heavy atom. The molecule has 0 aliphatic carbocycles. The normalized spacial score (nSPS) is 11.2. The Morgan fingerprint density at radius 2 is 1.96 bits per heavy atom. The lowest BCUT2D eigenvalue weighted by atomic mass is 10.2. The fourth-order valence-corrected chi connectivity index (χ4v) is 2.99. The highest BCUT2D eigenvalue weighted by atomic mass is 79.9. The highest BCUT2D eigenvalue weighted by molar-refractivity contribution is 9.10. The van der Waals surface area contributed by atoms with E-state index in [0.717, 1.165) is 41.4 Å². The molecule has 0 aliphatic rings. The van der Waals surface area contributed by atoms with Gasteiger partial charge in [-0.25, -0.2) is 4.99 Å². The minimum atomic E-state index is 0.102. The Labute approximate surface area is 159 Å². The third-order valence-corrected chi connectivity index (χ3v) is 4.43. The van der Waals surface area contributed by atoms with Crippen LogP contribution in [0.1, 0.15) is 26.3 Å². The molecule has 25 heavy (non-hydrogen) atoms. The molecule has 0 atom stereocenters. The highest BCUT2D eigenvalue weighted by Gasteiger charge is 2.15. The molecule has 140 valence electrons. The van der Waals surface area contributed by atoms with Crippen molar-refractivity contribution in [1.29, 1.82) is 0 Å². The molecule has 6 nitrogen and oxygen atoms in total. The first-order valence-corrected chi connectivity index (χ1v) is 9.35. The number of methoxy groups -OCH3 is 1. The summed E-state index contributed by atoms with van der Waals surface area (Å²) in [5, 5.41) is 3.24. The molecule has 0 aliphatic heterocycles. The van der Waals surface area contributed by atoms with Gasteiger partial charge in [0.2, 0.25) is 5.91 Å². The van der Waals surface area contributed by atoms with Gasteiger partial charge in [0.05, 0.1) is 24.7 Å². The van der Waals surface area contributed by atoms with Crippen LogP contribution in [0.3, 0.4) is 0 Å². The molecule has 0 bridgehead atoms. The highest BCUT2D eigenvalue weighted by Crippen LogP contribution is 2.25. The lowest BCUT2D eigenvalue weighted by molar-refractivity contribution is -0.131. The maximum atomic E-state index is 12.3. The van der Waals surface area contributed by atoms with Crippen LogP contribution in [0, 0.1) is 0 Å². The Hall–Kier alpha value is -1.76. The lowest BCUT2D eigenvalue weighted by Crippen LogP contribution is -2.45. The zero-order chi connectivity index (χ0) is 18.8. The number of aliphatic imine (C=N–C) groups is 1. The summed E-state index contributed by atoms with van der Waals surface area (Å²) >= 11 is 3.49. The standard InChI is InChI=1S/C18H29BrN4O2/c1-6-20-18(22(4)13-17(24)23(7-2)8-3)21-12-14-9-10-16(25-5)15(19)11-14/h9-11H,6-8,12-13H2,1-5H3,(H,20,21). The fourth-order valence-electron chi connectivity index (χ4n) is 2.40. The molecule has 1 rings (SSSR count). The first-order valence-electron chi connectivity index (χ1n) is 8.56. The number of guanidine groups is 1. The number of nitrogens with zero attached hydrogens (tertiary/aromatic N) is 3. The molecule has 1 aromatic rings. The van der Waals surface area contributed by atoms with Crippen LogP contribution in [0.25, 0.3) is 0 Å². The Bertz CT molecular complexity index is 588. The van der Waals surface area contributed by atoms with Crippen LogP contribution in [-0.2, 0) is 11.3 Å². The number of carbonyl (C=O) groups excluding carboxylic acids is 1. The van der Waals surface area contributed by atoms with E-state index in [1.807, 2.05) is 55.8 Å². The van der Waals surface area contributed by atoms with E-state index in [-0.39, 0.29) is 5.91 Å². The molecular formula is C18H29BrN4O2. The molecule has 0 radical (unpaired) electrons. The lowest BCUT2D eigenvalue weighted by Gasteiger charge is -2.25. The molecule has 0 saturated carbocycles. The summed E-state index contributed by atoms with van der Waals surface area (Å²) in [5.41, 5.74) is 1.06. The van der Waals surface area contributed by atoms with Gasteiger partial charge < -0.3 is 19.9 Å². The summed E-state index contributed by atoms with van der Waals surface area (Å²) in [6.07, 6.45) is 0. The molecule has 0 fully saturated rings.